The van der Waals surface area contributed by atoms with Crippen LogP contribution in [0.25, 0.3) is 0 Å². The van der Waals surface area contributed by atoms with Crippen molar-refractivity contribution in [3.8, 4) is 5.75 Å². The molecule has 0 atom stereocenters. The van der Waals surface area contributed by atoms with E-state index in [0.29, 0.717) is 23.0 Å². The fraction of sp³-hybridized carbons (Fsp3) is 0.600. The van der Waals surface area contributed by atoms with Gasteiger partial charge in [0, 0.05) is 0 Å². The third-order valence-corrected chi connectivity index (χ3v) is 5.59. The van der Waals surface area contributed by atoms with Gasteiger partial charge in [-0.25, -0.2) is 8.42 Å². The maximum absolute atomic E-state index is 12.2. The molecule has 0 saturated heterocycles. The number of sulfone groups is 1. The van der Waals surface area contributed by atoms with Crippen LogP contribution in [0, 0.1) is 5.92 Å². The molecule has 1 saturated carbocycles. The summed E-state index contributed by atoms with van der Waals surface area (Å²) in [6.45, 7) is 2.87. The van der Waals surface area contributed by atoms with Crippen LogP contribution in [-0.4, -0.2) is 33.9 Å². The molecule has 1 aromatic rings. The van der Waals surface area contributed by atoms with Gasteiger partial charge in [0.05, 0.1) is 11.9 Å². The lowest BCUT2D eigenvalue weighted by molar-refractivity contribution is 0.0631. The highest BCUT2D eigenvalue weighted by Gasteiger charge is 2.31. The molecule has 1 fully saturated rings. The van der Waals surface area contributed by atoms with E-state index in [2.05, 4.69) is 5.32 Å². The van der Waals surface area contributed by atoms with Crippen molar-refractivity contribution in [1.82, 2.24) is 5.32 Å². The van der Waals surface area contributed by atoms with Gasteiger partial charge in [-0.15, -0.1) is 0 Å². The summed E-state index contributed by atoms with van der Waals surface area (Å²) in [7, 11) is -1.29. The first-order valence-corrected chi connectivity index (χ1v) is 8.85. The van der Waals surface area contributed by atoms with E-state index in [4.69, 9.17) is 4.74 Å². The van der Waals surface area contributed by atoms with Crippen LogP contribution >= 0.6 is 0 Å². The van der Waals surface area contributed by atoms with E-state index in [1.54, 1.807) is 18.2 Å². The molecule has 0 unspecified atom stereocenters. The lowest BCUT2D eigenvalue weighted by Crippen LogP contribution is -2.38. The van der Waals surface area contributed by atoms with E-state index in [1.807, 2.05) is 20.0 Å². The average Bonchev–Trinajstić information content (AvgIpc) is 2.37. The maximum atomic E-state index is 12.2. The molecule has 1 N–H and O–H groups in total. The summed E-state index contributed by atoms with van der Waals surface area (Å²) in [6, 6.07) is 6.97. The molecule has 1 aliphatic carbocycles. The second-order valence-electron chi connectivity index (χ2n) is 5.40. The van der Waals surface area contributed by atoms with E-state index in [1.165, 1.54) is 0 Å². The van der Waals surface area contributed by atoms with Gasteiger partial charge in [-0.1, -0.05) is 19.1 Å². The molecule has 2 rings (SSSR count). The third-order valence-electron chi connectivity index (χ3n) is 3.64. The molecule has 0 heterocycles. The first kappa shape index (κ1) is 15.3. The summed E-state index contributed by atoms with van der Waals surface area (Å²) in [5.41, 5.74) is 0. The number of hydrogen-bond donors (Lipinski definition) is 1. The van der Waals surface area contributed by atoms with Crippen molar-refractivity contribution in [1.29, 1.82) is 0 Å². The van der Waals surface area contributed by atoms with Gasteiger partial charge >= 0.3 is 0 Å². The zero-order chi connectivity index (χ0) is 14.6. The first-order chi connectivity index (χ1) is 9.56. The van der Waals surface area contributed by atoms with Crippen LogP contribution in [0.15, 0.2) is 29.2 Å². The van der Waals surface area contributed by atoms with Crippen molar-refractivity contribution in [2.75, 3.05) is 19.3 Å². The molecule has 0 bridgehead atoms. The van der Waals surface area contributed by atoms with Gasteiger partial charge < -0.3 is 10.1 Å². The first-order valence-electron chi connectivity index (χ1n) is 7.20. The molecule has 112 valence electrons. The minimum Gasteiger partial charge on any atom is -0.489 e. The second-order valence-corrected chi connectivity index (χ2v) is 7.48. The van der Waals surface area contributed by atoms with Crippen LogP contribution in [0.1, 0.15) is 26.2 Å². The highest BCUT2D eigenvalue weighted by Crippen LogP contribution is 2.33. The molecule has 0 spiro atoms. The number of nitrogens with one attached hydrogen (secondary N) is 1. The highest BCUT2D eigenvalue weighted by atomic mass is 32.2. The van der Waals surface area contributed by atoms with Crippen LogP contribution in [0.2, 0.25) is 0 Å². The quantitative estimate of drug-likeness (QED) is 0.838. The largest absolute Gasteiger partial charge is 0.489 e. The van der Waals surface area contributed by atoms with Gasteiger partial charge in [-0.3, -0.25) is 0 Å². The fourth-order valence-corrected chi connectivity index (χ4v) is 4.05. The van der Waals surface area contributed by atoms with Crippen molar-refractivity contribution in [3.05, 3.63) is 24.3 Å². The van der Waals surface area contributed by atoms with Crippen molar-refractivity contribution in [2.24, 2.45) is 5.92 Å². The predicted octanol–water partition coefficient (Wildman–Crippen LogP) is 2.25. The Morgan fingerprint density at radius 1 is 1.30 bits per heavy atom. The maximum Gasteiger partial charge on any atom is 0.182 e. The number of rotatable bonds is 7. The van der Waals surface area contributed by atoms with Crippen molar-refractivity contribution < 1.29 is 13.2 Å². The van der Waals surface area contributed by atoms with Gasteiger partial charge in [0.2, 0.25) is 0 Å². The molecule has 1 aliphatic rings. The molecule has 0 aromatic heterocycles. The standard InChI is InChI=1S/C15H23NO3S/c1-3-8-20(17,18)15-7-5-4-6-14(15)19-13-9-12(10-13)11-16-2/h4-7,12-13,16H,3,8-11H2,1-2H3. The average molecular weight is 297 g/mol. The number of hydrogen-bond acceptors (Lipinski definition) is 4. The van der Waals surface area contributed by atoms with E-state index in [-0.39, 0.29) is 11.9 Å². The SMILES string of the molecule is CCCS(=O)(=O)c1ccccc1OC1CC(CNC)C1. The number of para-hydroxylation sites is 1. The van der Waals surface area contributed by atoms with E-state index < -0.39 is 9.84 Å². The van der Waals surface area contributed by atoms with Crippen LogP contribution in [0.5, 0.6) is 5.75 Å². The number of benzene rings is 1. The van der Waals surface area contributed by atoms with Gasteiger partial charge in [0.25, 0.3) is 0 Å². The van der Waals surface area contributed by atoms with Crippen molar-refractivity contribution >= 4 is 9.84 Å². The van der Waals surface area contributed by atoms with E-state index >= 15 is 0 Å². The molecular weight excluding hydrogens is 274 g/mol. The Bertz CT molecular complexity index is 536. The molecular formula is C15H23NO3S. The van der Waals surface area contributed by atoms with Gasteiger partial charge in [-0.05, 0) is 50.9 Å². The lowest BCUT2D eigenvalue weighted by atomic mass is 9.82. The summed E-state index contributed by atoms with van der Waals surface area (Å²) < 4.78 is 30.3. The summed E-state index contributed by atoms with van der Waals surface area (Å²) in [4.78, 5) is 0.332. The van der Waals surface area contributed by atoms with Gasteiger partial charge in [0.15, 0.2) is 9.84 Å². The Balaban J connectivity index is 2.06. The lowest BCUT2D eigenvalue weighted by Gasteiger charge is -2.35. The second kappa shape index (κ2) is 6.59. The van der Waals surface area contributed by atoms with E-state index in [9.17, 15) is 8.42 Å². The molecule has 4 nitrogen and oxygen atoms in total. The van der Waals surface area contributed by atoms with Gasteiger partial charge in [0.1, 0.15) is 10.6 Å². The smallest absolute Gasteiger partial charge is 0.182 e. The van der Waals surface area contributed by atoms with Gasteiger partial charge in [-0.2, -0.15) is 0 Å². The van der Waals surface area contributed by atoms with Crippen LogP contribution in [-0.2, 0) is 9.84 Å². The Hall–Kier alpha value is -1.07. The van der Waals surface area contributed by atoms with E-state index in [0.717, 1.165) is 19.4 Å². The Morgan fingerprint density at radius 2 is 2.00 bits per heavy atom. The van der Waals surface area contributed by atoms with Crippen molar-refractivity contribution in [3.63, 3.8) is 0 Å². The van der Waals surface area contributed by atoms with Crippen LogP contribution < -0.4 is 10.1 Å². The highest BCUT2D eigenvalue weighted by molar-refractivity contribution is 7.91. The zero-order valence-corrected chi connectivity index (χ0v) is 12.9. The minimum atomic E-state index is -3.23. The predicted molar refractivity (Wildman–Crippen MR) is 79.9 cm³/mol. The molecule has 20 heavy (non-hydrogen) atoms. The van der Waals surface area contributed by atoms with Crippen LogP contribution in [0.4, 0.5) is 0 Å². The summed E-state index contributed by atoms with van der Waals surface area (Å²) in [5, 5.41) is 3.15. The summed E-state index contributed by atoms with van der Waals surface area (Å²) in [6.07, 6.45) is 2.74. The Kier molecular flexibility index (Phi) is 5.05. The minimum absolute atomic E-state index is 0.145. The molecule has 0 amide bonds. The van der Waals surface area contributed by atoms with Crippen molar-refractivity contribution in [2.45, 2.75) is 37.2 Å². The Labute approximate surface area is 121 Å². The molecule has 0 aliphatic heterocycles. The third kappa shape index (κ3) is 3.52. The summed E-state index contributed by atoms with van der Waals surface area (Å²) >= 11 is 0. The monoisotopic (exact) mass is 297 g/mol. The zero-order valence-electron chi connectivity index (χ0n) is 12.1. The number of ether oxygens (including phenoxy) is 1. The fourth-order valence-electron chi connectivity index (χ4n) is 2.59. The normalized spacial score (nSPS) is 22.3. The molecule has 5 heteroatoms. The topological polar surface area (TPSA) is 55.4 Å². The van der Waals surface area contributed by atoms with Crippen LogP contribution in [0.3, 0.4) is 0 Å². The Morgan fingerprint density at radius 3 is 2.65 bits per heavy atom. The summed E-state index contributed by atoms with van der Waals surface area (Å²) in [5.74, 6) is 1.32. The molecule has 0 radical (unpaired) electrons. The molecule has 1 aromatic carbocycles.